The van der Waals surface area contributed by atoms with E-state index < -0.39 is 6.61 Å². The highest BCUT2D eigenvalue weighted by molar-refractivity contribution is 9.10. The number of hydrogen-bond donors (Lipinski definition) is 1. The van der Waals surface area contributed by atoms with E-state index in [1.165, 1.54) is 23.9 Å². The standard InChI is InChI=1S/C18H14BrClF2N4O2S/c1-26-16(10-2-5-12(6-3-10)28-17(21)22)24-25-18(26)29-9-15(27)23-14-7-4-11(19)8-13(14)20/h2-8,17H,9H2,1H3,(H,23,27). The minimum atomic E-state index is -2.88. The number of thioether (sulfide) groups is 1. The molecular weight excluding hydrogens is 490 g/mol. The molecule has 0 spiro atoms. The van der Waals surface area contributed by atoms with E-state index in [1.807, 2.05) is 0 Å². The first-order valence-corrected chi connectivity index (χ1v) is 10.3. The molecule has 1 N–H and O–H groups in total. The number of amides is 1. The van der Waals surface area contributed by atoms with Gasteiger partial charge in [-0.2, -0.15) is 8.78 Å². The highest BCUT2D eigenvalue weighted by Crippen LogP contribution is 2.27. The summed E-state index contributed by atoms with van der Waals surface area (Å²) in [4.78, 5) is 12.2. The zero-order valence-corrected chi connectivity index (χ0v) is 18.1. The molecule has 1 heterocycles. The van der Waals surface area contributed by atoms with Gasteiger partial charge in [0.15, 0.2) is 11.0 Å². The number of ether oxygens (including phenoxy) is 1. The third kappa shape index (κ3) is 5.68. The van der Waals surface area contributed by atoms with Crippen LogP contribution in [-0.4, -0.2) is 33.0 Å². The summed E-state index contributed by atoms with van der Waals surface area (Å²) in [6.07, 6.45) is 0. The van der Waals surface area contributed by atoms with Gasteiger partial charge in [0.25, 0.3) is 0 Å². The summed E-state index contributed by atoms with van der Waals surface area (Å²) in [6.45, 7) is -2.88. The average molecular weight is 504 g/mol. The van der Waals surface area contributed by atoms with Crippen molar-refractivity contribution >= 4 is 50.9 Å². The van der Waals surface area contributed by atoms with Gasteiger partial charge in [0.1, 0.15) is 5.75 Å². The maximum Gasteiger partial charge on any atom is 0.387 e. The quantitative estimate of drug-likeness (QED) is 0.447. The predicted molar refractivity (Wildman–Crippen MR) is 112 cm³/mol. The smallest absolute Gasteiger partial charge is 0.387 e. The lowest BCUT2D eigenvalue weighted by Gasteiger charge is -2.08. The van der Waals surface area contributed by atoms with E-state index in [0.29, 0.717) is 27.3 Å². The fraction of sp³-hybridized carbons (Fsp3) is 0.167. The minimum Gasteiger partial charge on any atom is -0.435 e. The molecule has 6 nitrogen and oxygen atoms in total. The lowest BCUT2D eigenvalue weighted by Crippen LogP contribution is -2.14. The molecule has 0 aliphatic carbocycles. The predicted octanol–water partition coefficient (Wildman–Crippen LogP) is 5.23. The van der Waals surface area contributed by atoms with Crippen molar-refractivity contribution in [3.63, 3.8) is 0 Å². The van der Waals surface area contributed by atoms with Crippen molar-refractivity contribution in [1.82, 2.24) is 14.8 Å². The Labute approximate surface area is 182 Å². The molecule has 0 atom stereocenters. The Morgan fingerprint density at radius 2 is 2.00 bits per heavy atom. The van der Waals surface area contributed by atoms with Gasteiger partial charge in [0, 0.05) is 17.1 Å². The van der Waals surface area contributed by atoms with E-state index in [4.69, 9.17) is 11.6 Å². The van der Waals surface area contributed by atoms with Crippen molar-refractivity contribution in [3.05, 3.63) is 52.0 Å². The maximum atomic E-state index is 12.2. The Morgan fingerprint density at radius 1 is 1.28 bits per heavy atom. The van der Waals surface area contributed by atoms with Gasteiger partial charge in [0.05, 0.1) is 16.5 Å². The SMILES string of the molecule is Cn1c(SCC(=O)Nc2ccc(Br)cc2Cl)nnc1-c1ccc(OC(F)F)cc1. The lowest BCUT2D eigenvalue weighted by atomic mass is 10.2. The van der Waals surface area contributed by atoms with Gasteiger partial charge in [-0.05, 0) is 42.5 Å². The van der Waals surface area contributed by atoms with E-state index in [1.54, 1.807) is 41.9 Å². The van der Waals surface area contributed by atoms with Crippen LogP contribution in [0.15, 0.2) is 52.1 Å². The van der Waals surface area contributed by atoms with Crippen LogP contribution in [0.1, 0.15) is 0 Å². The number of benzene rings is 2. The van der Waals surface area contributed by atoms with Crippen LogP contribution in [0, 0.1) is 0 Å². The van der Waals surface area contributed by atoms with Gasteiger partial charge in [-0.15, -0.1) is 10.2 Å². The number of rotatable bonds is 7. The van der Waals surface area contributed by atoms with E-state index >= 15 is 0 Å². The van der Waals surface area contributed by atoms with Crippen molar-refractivity contribution in [2.75, 3.05) is 11.1 Å². The summed E-state index contributed by atoms with van der Waals surface area (Å²) in [5.74, 6) is 0.466. The topological polar surface area (TPSA) is 69.0 Å². The molecule has 0 fully saturated rings. The zero-order valence-electron chi connectivity index (χ0n) is 14.9. The Morgan fingerprint density at radius 3 is 2.66 bits per heavy atom. The van der Waals surface area contributed by atoms with E-state index in [2.05, 4.69) is 36.2 Å². The molecule has 0 radical (unpaired) electrons. The second-order valence-corrected chi connectivity index (χ2v) is 7.99. The van der Waals surface area contributed by atoms with Crippen LogP contribution in [0.5, 0.6) is 5.75 Å². The van der Waals surface area contributed by atoms with Crippen LogP contribution in [0.2, 0.25) is 5.02 Å². The first-order valence-electron chi connectivity index (χ1n) is 8.16. The highest BCUT2D eigenvalue weighted by Gasteiger charge is 2.14. The molecule has 0 unspecified atom stereocenters. The molecule has 1 aromatic heterocycles. The van der Waals surface area contributed by atoms with Crippen molar-refractivity contribution in [1.29, 1.82) is 0 Å². The molecule has 1 amide bonds. The number of aromatic nitrogens is 3. The van der Waals surface area contributed by atoms with Crippen LogP contribution in [0.4, 0.5) is 14.5 Å². The molecule has 3 rings (SSSR count). The van der Waals surface area contributed by atoms with Gasteiger partial charge in [-0.1, -0.05) is 39.3 Å². The van der Waals surface area contributed by atoms with Gasteiger partial charge < -0.3 is 14.6 Å². The molecule has 3 aromatic rings. The van der Waals surface area contributed by atoms with Crippen LogP contribution in [0.25, 0.3) is 11.4 Å². The molecule has 0 aliphatic heterocycles. The molecule has 0 saturated carbocycles. The van der Waals surface area contributed by atoms with Crippen LogP contribution < -0.4 is 10.1 Å². The first kappa shape index (κ1) is 21.5. The molecule has 152 valence electrons. The number of halogens is 4. The zero-order chi connectivity index (χ0) is 21.0. The van der Waals surface area contributed by atoms with Crippen molar-refractivity contribution in [2.45, 2.75) is 11.8 Å². The number of carbonyl (C=O) groups is 1. The first-order chi connectivity index (χ1) is 13.8. The number of nitrogens with one attached hydrogen (secondary N) is 1. The van der Waals surface area contributed by atoms with Gasteiger partial charge >= 0.3 is 6.61 Å². The van der Waals surface area contributed by atoms with Crippen molar-refractivity contribution in [2.24, 2.45) is 7.05 Å². The number of carbonyl (C=O) groups excluding carboxylic acids is 1. The van der Waals surface area contributed by atoms with Gasteiger partial charge in [0.2, 0.25) is 5.91 Å². The second-order valence-electron chi connectivity index (χ2n) is 5.73. The van der Waals surface area contributed by atoms with Crippen molar-refractivity contribution < 1.29 is 18.3 Å². The van der Waals surface area contributed by atoms with Crippen LogP contribution >= 0.6 is 39.3 Å². The number of alkyl halides is 2. The summed E-state index contributed by atoms with van der Waals surface area (Å²) < 4.78 is 31.4. The van der Waals surface area contributed by atoms with E-state index in [-0.39, 0.29) is 17.4 Å². The molecular formula is C18H14BrClF2N4O2S. The average Bonchev–Trinajstić information content (AvgIpc) is 3.03. The molecule has 0 bridgehead atoms. The minimum absolute atomic E-state index is 0.0591. The Kier molecular flexibility index (Phi) is 7.09. The summed E-state index contributed by atoms with van der Waals surface area (Å²) in [5.41, 5.74) is 1.20. The third-order valence-electron chi connectivity index (χ3n) is 3.71. The Bertz CT molecular complexity index is 1020. The third-order valence-corrected chi connectivity index (χ3v) is 5.54. The van der Waals surface area contributed by atoms with E-state index in [9.17, 15) is 13.6 Å². The lowest BCUT2D eigenvalue weighted by molar-refractivity contribution is -0.113. The highest BCUT2D eigenvalue weighted by atomic mass is 79.9. The number of anilines is 1. The van der Waals surface area contributed by atoms with Crippen LogP contribution in [-0.2, 0) is 11.8 Å². The van der Waals surface area contributed by atoms with Crippen LogP contribution in [0.3, 0.4) is 0 Å². The fourth-order valence-electron chi connectivity index (χ4n) is 2.38. The number of hydrogen-bond acceptors (Lipinski definition) is 5. The largest absolute Gasteiger partial charge is 0.435 e. The Balaban J connectivity index is 1.62. The molecule has 11 heteroatoms. The normalized spacial score (nSPS) is 11.0. The van der Waals surface area contributed by atoms with Gasteiger partial charge in [-0.3, -0.25) is 4.79 Å². The van der Waals surface area contributed by atoms with E-state index in [0.717, 1.165) is 4.47 Å². The fourth-order valence-corrected chi connectivity index (χ4v) is 3.82. The summed E-state index contributed by atoms with van der Waals surface area (Å²) in [7, 11) is 1.75. The van der Waals surface area contributed by atoms with Gasteiger partial charge in [-0.25, -0.2) is 0 Å². The number of nitrogens with zero attached hydrogens (tertiary/aromatic N) is 3. The Hall–Kier alpha value is -2.17. The molecule has 0 saturated heterocycles. The molecule has 0 aliphatic rings. The monoisotopic (exact) mass is 502 g/mol. The summed E-state index contributed by atoms with van der Waals surface area (Å²) in [5, 5.41) is 11.9. The molecule has 2 aromatic carbocycles. The second kappa shape index (κ2) is 9.55. The molecule has 29 heavy (non-hydrogen) atoms. The summed E-state index contributed by atoms with van der Waals surface area (Å²) in [6, 6.07) is 11.3. The maximum absolute atomic E-state index is 12.2. The summed E-state index contributed by atoms with van der Waals surface area (Å²) >= 11 is 10.6. The van der Waals surface area contributed by atoms with Crippen molar-refractivity contribution in [3.8, 4) is 17.1 Å².